The molecule has 3 rings (SSSR count). The number of benzene rings is 1. The summed E-state index contributed by atoms with van der Waals surface area (Å²) in [5.41, 5.74) is 6.45. The maximum absolute atomic E-state index is 12.5. The Bertz CT molecular complexity index is 1080. The van der Waals surface area contributed by atoms with E-state index in [-0.39, 0.29) is 17.1 Å². The Kier molecular flexibility index (Phi) is 5.53. The number of carbonyl (C=O) groups excluding carboxylic acids is 1. The van der Waals surface area contributed by atoms with Crippen LogP contribution in [0.4, 0.5) is 14.5 Å². The van der Waals surface area contributed by atoms with Crippen molar-refractivity contribution in [3.63, 3.8) is 0 Å². The van der Waals surface area contributed by atoms with Gasteiger partial charge in [0.1, 0.15) is 5.56 Å². The third kappa shape index (κ3) is 3.78. The normalized spacial score (nSPS) is 11.0. The van der Waals surface area contributed by atoms with Gasteiger partial charge in [0.05, 0.1) is 16.9 Å². The number of H-pyrrole nitrogens is 1. The van der Waals surface area contributed by atoms with Crippen LogP contribution < -0.4 is 21.3 Å². The SMILES string of the molecule is CCCNC(=O)c1c(N)c2cccc(-c3cccc(OC(F)F)n3)c2[nH]c1=O. The molecule has 9 heteroatoms. The van der Waals surface area contributed by atoms with Gasteiger partial charge in [0, 0.05) is 23.6 Å². The predicted molar refractivity (Wildman–Crippen MR) is 101 cm³/mol. The van der Waals surface area contributed by atoms with Crippen LogP contribution in [0.15, 0.2) is 41.2 Å². The van der Waals surface area contributed by atoms with Gasteiger partial charge in [-0.1, -0.05) is 31.2 Å². The largest absolute Gasteiger partial charge is 0.417 e. The number of nitrogens with zero attached hydrogens (tertiary/aromatic N) is 1. The van der Waals surface area contributed by atoms with Gasteiger partial charge in [-0.2, -0.15) is 8.78 Å². The number of amides is 1. The molecule has 3 aromatic rings. The van der Waals surface area contributed by atoms with Crippen LogP contribution in [-0.2, 0) is 0 Å². The number of aromatic nitrogens is 2. The Balaban J connectivity index is 2.14. The fourth-order valence-electron chi connectivity index (χ4n) is 2.83. The molecule has 28 heavy (non-hydrogen) atoms. The summed E-state index contributed by atoms with van der Waals surface area (Å²) in [5.74, 6) is -0.811. The second kappa shape index (κ2) is 8.03. The van der Waals surface area contributed by atoms with Crippen molar-refractivity contribution in [2.45, 2.75) is 20.0 Å². The van der Waals surface area contributed by atoms with Crippen molar-refractivity contribution in [1.82, 2.24) is 15.3 Å². The summed E-state index contributed by atoms with van der Waals surface area (Å²) < 4.78 is 29.2. The molecule has 0 bridgehead atoms. The van der Waals surface area contributed by atoms with Gasteiger partial charge in [-0.15, -0.1) is 0 Å². The van der Waals surface area contributed by atoms with Crippen LogP contribution >= 0.6 is 0 Å². The Morgan fingerprint density at radius 1 is 1.29 bits per heavy atom. The molecule has 2 aromatic heterocycles. The number of pyridine rings is 2. The number of rotatable bonds is 6. The molecule has 1 amide bonds. The van der Waals surface area contributed by atoms with Gasteiger partial charge < -0.3 is 20.8 Å². The minimum atomic E-state index is -3.00. The van der Waals surface area contributed by atoms with Crippen LogP contribution in [0.1, 0.15) is 23.7 Å². The van der Waals surface area contributed by atoms with Crippen molar-refractivity contribution >= 4 is 22.5 Å². The van der Waals surface area contributed by atoms with E-state index in [9.17, 15) is 18.4 Å². The van der Waals surface area contributed by atoms with Crippen LogP contribution in [0.5, 0.6) is 5.88 Å². The monoisotopic (exact) mass is 388 g/mol. The molecule has 0 radical (unpaired) electrons. The number of nitrogens with two attached hydrogens (primary N) is 1. The smallest absolute Gasteiger partial charge is 0.388 e. The van der Waals surface area contributed by atoms with Crippen LogP contribution in [0.25, 0.3) is 22.2 Å². The van der Waals surface area contributed by atoms with Crippen molar-refractivity contribution in [3.8, 4) is 17.1 Å². The third-order valence-corrected chi connectivity index (χ3v) is 4.06. The highest BCUT2D eigenvalue weighted by molar-refractivity contribution is 6.08. The highest BCUT2D eigenvalue weighted by Gasteiger charge is 2.19. The number of halogens is 2. The summed E-state index contributed by atoms with van der Waals surface area (Å²) in [6.07, 6.45) is 0.712. The van der Waals surface area contributed by atoms with E-state index in [1.165, 1.54) is 12.1 Å². The molecular weight excluding hydrogens is 370 g/mol. The van der Waals surface area contributed by atoms with Crippen molar-refractivity contribution in [3.05, 3.63) is 52.3 Å². The number of anilines is 1. The highest BCUT2D eigenvalue weighted by Crippen LogP contribution is 2.30. The molecule has 146 valence electrons. The molecule has 0 aliphatic heterocycles. The first-order valence-electron chi connectivity index (χ1n) is 8.57. The number of hydrogen-bond acceptors (Lipinski definition) is 5. The van der Waals surface area contributed by atoms with E-state index in [0.29, 0.717) is 35.1 Å². The molecule has 0 fully saturated rings. The molecule has 0 atom stereocenters. The minimum absolute atomic E-state index is 0.0363. The summed E-state index contributed by atoms with van der Waals surface area (Å²) >= 11 is 0. The van der Waals surface area contributed by atoms with Crippen molar-refractivity contribution in [1.29, 1.82) is 0 Å². The Morgan fingerprint density at radius 3 is 2.75 bits per heavy atom. The maximum Gasteiger partial charge on any atom is 0.388 e. The minimum Gasteiger partial charge on any atom is -0.417 e. The molecule has 0 spiro atoms. The summed E-state index contributed by atoms with van der Waals surface area (Å²) in [4.78, 5) is 31.5. The van der Waals surface area contributed by atoms with Crippen LogP contribution in [0.2, 0.25) is 0 Å². The van der Waals surface area contributed by atoms with Crippen LogP contribution in [0.3, 0.4) is 0 Å². The number of nitrogens with one attached hydrogen (secondary N) is 2. The molecule has 0 unspecified atom stereocenters. The molecule has 2 heterocycles. The third-order valence-electron chi connectivity index (χ3n) is 4.06. The molecule has 4 N–H and O–H groups in total. The lowest BCUT2D eigenvalue weighted by molar-refractivity contribution is -0.0527. The van der Waals surface area contributed by atoms with Crippen molar-refractivity contribution in [2.24, 2.45) is 0 Å². The Morgan fingerprint density at radius 2 is 2.04 bits per heavy atom. The van der Waals surface area contributed by atoms with E-state index in [1.807, 2.05) is 6.92 Å². The first-order valence-corrected chi connectivity index (χ1v) is 8.57. The number of alkyl halides is 2. The molecule has 0 aliphatic rings. The Labute approximate surface area is 158 Å². The van der Waals surface area contributed by atoms with Gasteiger partial charge in [0.15, 0.2) is 0 Å². The lowest BCUT2D eigenvalue weighted by atomic mass is 10.0. The number of para-hydroxylation sites is 1. The fourth-order valence-corrected chi connectivity index (χ4v) is 2.83. The number of carbonyl (C=O) groups is 1. The van der Waals surface area contributed by atoms with Gasteiger partial charge >= 0.3 is 6.61 Å². The molecule has 7 nitrogen and oxygen atoms in total. The Hall–Kier alpha value is -3.49. The van der Waals surface area contributed by atoms with Gasteiger partial charge in [0.2, 0.25) is 5.88 Å². The molecule has 0 saturated heterocycles. The first kappa shape index (κ1) is 19.3. The van der Waals surface area contributed by atoms with E-state index >= 15 is 0 Å². The standard InChI is InChI=1S/C19H18F2N4O3/c1-2-9-23-17(26)14-15(22)11-6-3-5-10(16(11)25-18(14)27)12-7-4-8-13(24-12)28-19(20)21/h3-8,19H,2,9H2,1H3,(H,23,26)(H3,22,25,27). The topological polar surface area (TPSA) is 110 Å². The van der Waals surface area contributed by atoms with Crippen LogP contribution in [0, 0.1) is 0 Å². The average Bonchev–Trinajstić information content (AvgIpc) is 2.65. The quantitative estimate of drug-likeness (QED) is 0.601. The first-order chi connectivity index (χ1) is 13.4. The highest BCUT2D eigenvalue weighted by atomic mass is 19.3. The summed E-state index contributed by atoms with van der Waals surface area (Å²) in [7, 11) is 0. The summed E-state index contributed by atoms with van der Waals surface area (Å²) in [5, 5.41) is 3.07. The van der Waals surface area contributed by atoms with Crippen LogP contribution in [-0.4, -0.2) is 29.0 Å². The number of hydrogen-bond donors (Lipinski definition) is 3. The predicted octanol–water partition coefficient (Wildman–Crippen LogP) is 2.91. The van der Waals surface area contributed by atoms with Gasteiger partial charge in [-0.3, -0.25) is 9.59 Å². The van der Waals surface area contributed by atoms with E-state index in [4.69, 9.17) is 5.73 Å². The second-order valence-electron chi connectivity index (χ2n) is 5.97. The van der Waals surface area contributed by atoms with Gasteiger partial charge in [-0.25, -0.2) is 4.98 Å². The maximum atomic E-state index is 12.5. The average molecular weight is 388 g/mol. The number of ether oxygens (including phenoxy) is 1. The van der Waals surface area contributed by atoms with E-state index in [2.05, 4.69) is 20.0 Å². The molecule has 0 aliphatic carbocycles. The summed E-state index contributed by atoms with van der Waals surface area (Å²) in [6, 6.07) is 9.37. The number of fused-ring (bicyclic) bond motifs is 1. The second-order valence-corrected chi connectivity index (χ2v) is 5.97. The number of aromatic amines is 1. The van der Waals surface area contributed by atoms with Crippen molar-refractivity contribution < 1.29 is 18.3 Å². The molecule has 0 saturated carbocycles. The van der Waals surface area contributed by atoms with E-state index < -0.39 is 18.1 Å². The van der Waals surface area contributed by atoms with E-state index in [1.54, 1.807) is 24.3 Å². The fraction of sp³-hybridized carbons (Fsp3) is 0.211. The zero-order valence-electron chi connectivity index (χ0n) is 15.0. The lowest BCUT2D eigenvalue weighted by Gasteiger charge is -2.12. The zero-order valence-corrected chi connectivity index (χ0v) is 15.0. The van der Waals surface area contributed by atoms with Gasteiger partial charge in [-0.05, 0) is 12.5 Å². The summed E-state index contributed by atoms with van der Waals surface area (Å²) in [6.45, 7) is -0.703. The lowest BCUT2D eigenvalue weighted by Crippen LogP contribution is -2.31. The van der Waals surface area contributed by atoms with E-state index in [0.717, 1.165) is 0 Å². The van der Waals surface area contributed by atoms with Crippen molar-refractivity contribution in [2.75, 3.05) is 12.3 Å². The number of nitrogen functional groups attached to an aromatic ring is 1. The van der Waals surface area contributed by atoms with Gasteiger partial charge in [0.25, 0.3) is 11.5 Å². The zero-order chi connectivity index (χ0) is 20.3. The molecular formula is C19H18F2N4O3. The molecule has 1 aromatic carbocycles.